The Morgan fingerprint density at radius 3 is 2.64 bits per heavy atom. The molecule has 1 saturated heterocycles. The molecule has 4 heterocycles. The van der Waals surface area contributed by atoms with Crippen LogP contribution in [0.3, 0.4) is 0 Å². The Balaban J connectivity index is 1.30. The number of nitrogen functional groups attached to an aromatic ring is 1. The standard InChI is InChI=1S/C29H30FN7O2/c1-2-24(38)36-13-3-4-21(16-36)28-35-25(26-27(31)33-15-22(30)37(26)28)18-7-9-19(10-8-18)29(39)34-23-14-20(11-12-32-23)17-5-6-17/h7-12,14-15,17,21H,2-6,13,16H2,1H3,(H2,31,33)(H,32,34,39)/t21-/m1/s1. The van der Waals surface area contributed by atoms with Crippen molar-refractivity contribution in [3.63, 3.8) is 0 Å². The van der Waals surface area contributed by atoms with Gasteiger partial charge in [-0.2, -0.15) is 4.39 Å². The lowest BCUT2D eigenvalue weighted by Gasteiger charge is -2.32. The smallest absolute Gasteiger partial charge is 0.256 e. The van der Waals surface area contributed by atoms with Crippen molar-refractivity contribution in [2.75, 3.05) is 24.1 Å². The number of likely N-dealkylation sites (tertiary alicyclic amines) is 1. The van der Waals surface area contributed by atoms with E-state index in [-0.39, 0.29) is 23.6 Å². The highest BCUT2D eigenvalue weighted by Gasteiger charge is 2.30. The Kier molecular flexibility index (Phi) is 6.46. The maximum absolute atomic E-state index is 15.2. The Labute approximate surface area is 225 Å². The number of carbonyl (C=O) groups is 2. The van der Waals surface area contributed by atoms with E-state index in [0.717, 1.165) is 19.0 Å². The molecule has 3 N–H and O–H groups in total. The van der Waals surface area contributed by atoms with Crippen LogP contribution in [-0.2, 0) is 4.79 Å². The number of nitrogens with two attached hydrogens (primary N) is 1. The molecule has 6 rings (SSSR count). The molecule has 0 bridgehead atoms. The fraction of sp³-hybridized carbons (Fsp3) is 0.345. The zero-order valence-corrected chi connectivity index (χ0v) is 21.7. The molecule has 10 heteroatoms. The van der Waals surface area contributed by atoms with Crippen LogP contribution in [0.5, 0.6) is 0 Å². The third kappa shape index (κ3) is 4.82. The van der Waals surface area contributed by atoms with Crippen molar-refractivity contribution in [1.29, 1.82) is 0 Å². The number of aromatic nitrogens is 4. The summed E-state index contributed by atoms with van der Waals surface area (Å²) >= 11 is 0. The maximum atomic E-state index is 15.2. The molecule has 9 nitrogen and oxygen atoms in total. The van der Waals surface area contributed by atoms with Gasteiger partial charge in [0.25, 0.3) is 5.91 Å². The van der Waals surface area contributed by atoms with E-state index in [2.05, 4.69) is 15.3 Å². The second-order valence-electron chi connectivity index (χ2n) is 10.3. The Hall–Kier alpha value is -4.34. The Bertz CT molecular complexity index is 1560. The highest BCUT2D eigenvalue weighted by Crippen LogP contribution is 2.40. The van der Waals surface area contributed by atoms with Crippen molar-refractivity contribution in [3.8, 4) is 11.3 Å². The van der Waals surface area contributed by atoms with E-state index in [4.69, 9.17) is 10.7 Å². The molecule has 1 atom stereocenters. The first-order chi connectivity index (χ1) is 18.9. The number of imidazole rings is 1. The van der Waals surface area contributed by atoms with Gasteiger partial charge in [-0.1, -0.05) is 19.1 Å². The maximum Gasteiger partial charge on any atom is 0.256 e. The molecule has 4 aromatic rings. The zero-order valence-electron chi connectivity index (χ0n) is 21.7. The molecule has 2 aliphatic rings. The van der Waals surface area contributed by atoms with Crippen LogP contribution in [0.15, 0.2) is 48.8 Å². The van der Waals surface area contributed by atoms with Crippen molar-refractivity contribution >= 4 is 29.0 Å². The Morgan fingerprint density at radius 2 is 1.90 bits per heavy atom. The molecule has 0 radical (unpaired) electrons. The number of nitrogens with zero attached hydrogens (tertiary/aromatic N) is 5. The van der Waals surface area contributed by atoms with Gasteiger partial charge in [0.15, 0.2) is 0 Å². The van der Waals surface area contributed by atoms with E-state index in [1.54, 1.807) is 30.5 Å². The van der Waals surface area contributed by atoms with Crippen LogP contribution in [0.2, 0.25) is 0 Å². The summed E-state index contributed by atoms with van der Waals surface area (Å²) in [5, 5.41) is 2.87. The van der Waals surface area contributed by atoms with Gasteiger partial charge in [0.2, 0.25) is 11.9 Å². The molecule has 1 aromatic carbocycles. The van der Waals surface area contributed by atoms with Crippen LogP contribution in [0.1, 0.15) is 72.6 Å². The quantitative estimate of drug-likeness (QED) is 0.373. The number of hydrogen-bond acceptors (Lipinski definition) is 6. The monoisotopic (exact) mass is 527 g/mol. The summed E-state index contributed by atoms with van der Waals surface area (Å²) in [4.78, 5) is 40.3. The lowest BCUT2D eigenvalue weighted by Crippen LogP contribution is -2.39. The number of anilines is 2. The predicted octanol–water partition coefficient (Wildman–Crippen LogP) is 4.76. The van der Waals surface area contributed by atoms with Crippen molar-refractivity contribution in [3.05, 3.63) is 71.7 Å². The van der Waals surface area contributed by atoms with E-state index in [9.17, 15) is 9.59 Å². The van der Waals surface area contributed by atoms with Crippen LogP contribution in [0, 0.1) is 5.95 Å². The second kappa shape index (κ2) is 10.1. The van der Waals surface area contributed by atoms with Crippen LogP contribution < -0.4 is 11.1 Å². The van der Waals surface area contributed by atoms with Crippen LogP contribution >= 0.6 is 0 Å². The van der Waals surface area contributed by atoms with Gasteiger partial charge in [-0.15, -0.1) is 0 Å². The van der Waals surface area contributed by atoms with Gasteiger partial charge in [-0.25, -0.2) is 15.0 Å². The van der Waals surface area contributed by atoms with Gasteiger partial charge in [0.05, 0.1) is 6.20 Å². The minimum absolute atomic E-state index is 0.0748. The summed E-state index contributed by atoms with van der Waals surface area (Å²) in [6.45, 7) is 3.00. The number of pyridine rings is 1. The third-order valence-electron chi connectivity index (χ3n) is 7.61. The normalized spacial score (nSPS) is 17.4. The summed E-state index contributed by atoms with van der Waals surface area (Å²) in [7, 11) is 0. The average molecular weight is 528 g/mol. The molecule has 200 valence electrons. The van der Waals surface area contributed by atoms with Crippen molar-refractivity contribution in [2.45, 2.75) is 50.9 Å². The average Bonchev–Trinajstić information content (AvgIpc) is 3.74. The first-order valence-electron chi connectivity index (χ1n) is 13.4. The number of piperidine rings is 1. The molecule has 1 aliphatic heterocycles. The summed E-state index contributed by atoms with van der Waals surface area (Å²) in [6.07, 6.45) is 7.16. The summed E-state index contributed by atoms with van der Waals surface area (Å²) < 4.78 is 16.6. The SMILES string of the molecule is CCC(=O)N1CCC[C@@H](c2nc(-c3ccc(C(=O)Nc4cc(C5CC5)ccn4)cc3)c3c(N)ncc(F)n23)C1. The largest absolute Gasteiger partial charge is 0.382 e. The number of nitrogens with one attached hydrogen (secondary N) is 1. The number of rotatable bonds is 6. The van der Waals surface area contributed by atoms with Gasteiger partial charge in [0, 0.05) is 42.8 Å². The predicted molar refractivity (Wildman–Crippen MR) is 146 cm³/mol. The number of hydrogen-bond donors (Lipinski definition) is 2. The molecule has 1 aliphatic carbocycles. The number of carbonyl (C=O) groups excluding carboxylic acids is 2. The fourth-order valence-electron chi connectivity index (χ4n) is 5.40. The summed E-state index contributed by atoms with van der Waals surface area (Å²) in [6, 6.07) is 10.9. The zero-order chi connectivity index (χ0) is 27.1. The van der Waals surface area contributed by atoms with E-state index in [1.165, 1.54) is 22.8 Å². The van der Waals surface area contributed by atoms with E-state index >= 15 is 4.39 Å². The molecule has 2 fully saturated rings. The van der Waals surface area contributed by atoms with Gasteiger partial charge < -0.3 is 16.0 Å². The van der Waals surface area contributed by atoms with Crippen molar-refractivity contribution in [1.82, 2.24) is 24.3 Å². The second-order valence-corrected chi connectivity index (χ2v) is 10.3. The molecular weight excluding hydrogens is 497 g/mol. The van der Waals surface area contributed by atoms with Gasteiger partial charge >= 0.3 is 0 Å². The molecule has 1 saturated carbocycles. The van der Waals surface area contributed by atoms with E-state index in [1.807, 2.05) is 24.0 Å². The topological polar surface area (TPSA) is 119 Å². The van der Waals surface area contributed by atoms with Gasteiger partial charge in [0.1, 0.15) is 28.7 Å². The molecule has 0 unspecified atom stereocenters. The van der Waals surface area contributed by atoms with Crippen LogP contribution in [-0.4, -0.2) is 49.2 Å². The van der Waals surface area contributed by atoms with E-state index in [0.29, 0.717) is 59.4 Å². The number of halogens is 1. The number of fused-ring (bicyclic) bond motifs is 1. The lowest BCUT2D eigenvalue weighted by atomic mass is 9.97. The van der Waals surface area contributed by atoms with Crippen LogP contribution in [0.25, 0.3) is 16.8 Å². The first kappa shape index (κ1) is 25.0. The third-order valence-corrected chi connectivity index (χ3v) is 7.61. The Morgan fingerprint density at radius 1 is 1.10 bits per heavy atom. The van der Waals surface area contributed by atoms with E-state index < -0.39 is 5.95 Å². The van der Waals surface area contributed by atoms with Crippen molar-refractivity contribution in [2.24, 2.45) is 0 Å². The molecule has 2 amide bonds. The molecule has 39 heavy (non-hydrogen) atoms. The fourth-order valence-corrected chi connectivity index (χ4v) is 5.40. The highest BCUT2D eigenvalue weighted by atomic mass is 19.1. The van der Waals surface area contributed by atoms with Crippen molar-refractivity contribution < 1.29 is 14.0 Å². The van der Waals surface area contributed by atoms with Gasteiger partial charge in [-0.05, 0) is 61.4 Å². The summed E-state index contributed by atoms with van der Waals surface area (Å²) in [5.74, 6) is 0.858. The van der Waals surface area contributed by atoms with Crippen LogP contribution in [0.4, 0.5) is 16.0 Å². The number of benzene rings is 1. The lowest BCUT2D eigenvalue weighted by molar-refractivity contribution is -0.132. The summed E-state index contributed by atoms with van der Waals surface area (Å²) in [5.41, 5.74) is 9.42. The minimum Gasteiger partial charge on any atom is -0.382 e. The first-order valence-corrected chi connectivity index (χ1v) is 13.4. The highest BCUT2D eigenvalue weighted by molar-refractivity contribution is 6.04. The minimum atomic E-state index is -0.566. The molecule has 0 spiro atoms. The molecular formula is C29H30FN7O2. The van der Waals surface area contributed by atoms with Gasteiger partial charge in [-0.3, -0.25) is 14.0 Å². The molecule has 3 aromatic heterocycles. The number of amides is 2.